The molecule has 1 heterocycles. The molecule has 0 saturated heterocycles. The zero-order valence-corrected chi connectivity index (χ0v) is 18.1. The molecule has 146 valence electrons. The molecule has 1 aromatic carbocycles. The van der Waals surface area contributed by atoms with E-state index >= 15 is 0 Å². The van der Waals surface area contributed by atoms with Gasteiger partial charge in [0.25, 0.3) is 5.91 Å². The summed E-state index contributed by atoms with van der Waals surface area (Å²) in [5, 5.41) is 2.77. The van der Waals surface area contributed by atoms with Gasteiger partial charge in [-0.05, 0) is 47.5 Å². The van der Waals surface area contributed by atoms with Crippen molar-refractivity contribution in [3.63, 3.8) is 0 Å². The highest BCUT2D eigenvalue weighted by Crippen LogP contribution is 2.18. The lowest BCUT2D eigenvalue weighted by atomic mass is 10.2. The predicted octanol–water partition coefficient (Wildman–Crippen LogP) is 2.79. The van der Waals surface area contributed by atoms with Crippen LogP contribution in [0.2, 0.25) is 0 Å². The van der Waals surface area contributed by atoms with Crippen LogP contribution in [0.25, 0.3) is 0 Å². The van der Waals surface area contributed by atoms with Gasteiger partial charge in [0, 0.05) is 47.5 Å². The van der Waals surface area contributed by atoms with E-state index in [-0.39, 0.29) is 23.6 Å². The molecule has 0 aliphatic rings. The number of nitrogens with one attached hydrogen (secondary N) is 1. The van der Waals surface area contributed by atoms with E-state index < -0.39 is 16.7 Å². The summed E-state index contributed by atoms with van der Waals surface area (Å²) in [6.45, 7) is 4.50. The molecule has 0 aliphatic carbocycles. The van der Waals surface area contributed by atoms with Crippen LogP contribution in [0.5, 0.6) is 0 Å². The van der Waals surface area contributed by atoms with E-state index in [0.717, 1.165) is 16.2 Å². The van der Waals surface area contributed by atoms with Crippen LogP contribution in [0.1, 0.15) is 34.6 Å². The standard InChI is InChI=1S/C19H23BrN2O4S/c1-12(11-26-3)22-10-16(18(23)17(20)13(22)2)19(24)21-9-14-5-7-15(8-6-14)27(4)25/h5-8,10,12H,9,11H2,1-4H3,(H,21,24). The Balaban J connectivity index is 2.22. The summed E-state index contributed by atoms with van der Waals surface area (Å²) in [4.78, 5) is 25.8. The van der Waals surface area contributed by atoms with Crippen LogP contribution in [0.15, 0.2) is 44.6 Å². The Morgan fingerprint density at radius 2 is 1.96 bits per heavy atom. The molecule has 2 rings (SSSR count). The largest absolute Gasteiger partial charge is 0.383 e. The molecule has 2 atom stereocenters. The van der Waals surface area contributed by atoms with Crippen molar-refractivity contribution in [1.82, 2.24) is 9.88 Å². The number of amides is 1. The highest BCUT2D eigenvalue weighted by atomic mass is 79.9. The molecule has 1 amide bonds. The van der Waals surface area contributed by atoms with Gasteiger partial charge < -0.3 is 14.6 Å². The number of ether oxygens (including phenoxy) is 1. The molecule has 27 heavy (non-hydrogen) atoms. The number of halogens is 1. The smallest absolute Gasteiger partial charge is 0.257 e. The molecule has 2 aromatic rings. The Hall–Kier alpha value is -1.77. The van der Waals surface area contributed by atoms with Gasteiger partial charge in [-0.15, -0.1) is 0 Å². The van der Waals surface area contributed by atoms with Crippen LogP contribution in [0.4, 0.5) is 0 Å². The minimum Gasteiger partial charge on any atom is -0.383 e. The first kappa shape index (κ1) is 21.5. The fourth-order valence-corrected chi connectivity index (χ4v) is 3.65. The van der Waals surface area contributed by atoms with Crippen LogP contribution in [0.3, 0.4) is 0 Å². The SMILES string of the molecule is COCC(C)n1cc(C(=O)NCc2ccc(S(C)=O)cc2)c(=O)c(Br)c1C. The number of carbonyl (C=O) groups excluding carboxylic acids is 1. The summed E-state index contributed by atoms with van der Waals surface area (Å²) in [5.41, 5.74) is 1.32. The molecule has 8 heteroatoms. The van der Waals surface area contributed by atoms with Gasteiger partial charge in [-0.25, -0.2) is 0 Å². The maximum Gasteiger partial charge on any atom is 0.257 e. The Morgan fingerprint density at radius 3 is 2.52 bits per heavy atom. The fraction of sp³-hybridized carbons (Fsp3) is 0.368. The molecule has 0 radical (unpaired) electrons. The normalized spacial score (nSPS) is 13.2. The summed E-state index contributed by atoms with van der Waals surface area (Å²) >= 11 is 3.30. The number of aromatic nitrogens is 1. The lowest BCUT2D eigenvalue weighted by Gasteiger charge is -2.20. The van der Waals surface area contributed by atoms with Gasteiger partial charge in [-0.2, -0.15) is 0 Å². The van der Waals surface area contributed by atoms with Crippen LogP contribution in [0, 0.1) is 6.92 Å². The monoisotopic (exact) mass is 454 g/mol. The van der Waals surface area contributed by atoms with E-state index in [4.69, 9.17) is 4.74 Å². The summed E-state index contributed by atoms with van der Waals surface area (Å²) in [7, 11) is 0.564. The lowest BCUT2D eigenvalue weighted by molar-refractivity contribution is 0.0948. The second kappa shape index (κ2) is 9.43. The second-order valence-electron chi connectivity index (χ2n) is 6.26. The number of hydrogen-bond acceptors (Lipinski definition) is 4. The summed E-state index contributed by atoms with van der Waals surface area (Å²) < 4.78 is 18.8. The Morgan fingerprint density at radius 1 is 1.33 bits per heavy atom. The quantitative estimate of drug-likeness (QED) is 0.697. The first-order chi connectivity index (χ1) is 12.8. The molecule has 1 N–H and O–H groups in total. The van der Waals surface area contributed by atoms with Gasteiger partial charge in [0.05, 0.1) is 17.1 Å². The number of benzene rings is 1. The van der Waals surface area contributed by atoms with Crippen LogP contribution in [-0.4, -0.2) is 34.7 Å². The van der Waals surface area contributed by atoms with Gasteiger partial charge in [0.15, 0.2) is 0 Å². The lowest BCUT2D eigenvalue weighted by Crippen LogP contribution is -2.31. The number of methoxy groups -OCH3 is 1. The molecular weight excluding hydrogens is 432 g/mol. The van der Waals surface area contributed by atoms with Gasteiger partial charge >= 0.3 is 0 Å². The zero-order chi connectivity index (χ0) is 20.1. The summed E-state index contributed by atoms with van der Waals surface area (Å²) in [5.74, 6) is -0.442. The predicted molar refractivity (Wildman–Crippen MR) is 110 cm³/mol. The van der Waals surface area contributed by atoms with E-state index in [9.17, 15) is 13.8 Å². The van der Waals surface area contributed by atoms with Crippen LogP contribution in [-0.2, 0) is 22.1 Å². The van der Waals surface area contributed by atoms with Crippen molar-refractivity contribution in [3.05, 3.63) is 62.0 Å². The van der Waals surface area contributed by atoms with Crippen LogP contribution < -0.4 is 10.7 Å². The second-order valence-corrected chi connectivity index (χ2v) is 8.44. The first-order valence-electron chi connectivity index (χ1n) is 8.37. The van der Waals surface area contributed by atoms with E-state index in [2.05, 4.69) is 21.2 Å². The topological polar surface area (TPSA) is 77.4 Å². The molecule has 6 nitrogen and oxygen atoms in total. The number of hydrogen-bond donors (Lipinski definition) is 1. The van der Waals surface area contributed by atoms with E-state index in [1.165, 1.54) is 0 Å². The van der Waals surface area contributed by atoms with Crippen molar-refractivity contribution in [2.45, 2.75) is 31.3 Å². The van der Waals surface area contributed by atoms with Crippen molar-refractivity contribution in [2.24, 2.45) is 0 Å². The van der Waals surface area contributed by atoms with Crippen molar-refractivity contribution < 1.29 is 13.7 Å². The molecular formula is C19H23BrN2O4S. The summed E-state index contributed by atoms with van der Waals surface area (Å²) in [6, 6.07) is 7.11. The molecule has 0 fully saturated rings. The molecule has 1 aromatic heterocycles. The number of nitrogens with zero attached hydrogens (tertiary/aromatic N) is 1. The van der Waals surface area contributed by atoms with E-state index in [0.29, 0.717) is 11.1 Å². The van der Waals surface area contributed by atoms with Gasteiger partial charge in [0.1, 0.15) is 5.56 Å². The molecule has 2 unspecified atom stereocenters. The average Bonchev–Trinajstić information content (AvgIpc) is 2.65. The first-order valence-corrected chi connectivity index (χ1v) is 10.7. The Bertz CT molecular complexity index is 909. The zero-order valence-electron chi connectivity index (χ0n) is 15.7. The van der Waals surface area contributed by atoms with E-state index in [1.807, 2.05) is 18.4 Å². The minimum absolute atomic E-state index is 0.0269. The maximum atomic E-state index is 12.6. The third-order valence-corrected chi connectivity index (χ3v) is 6.12. The van der Waals surface area contributed by atoms with Crippen molar-refractivity contribution in [3.8, 4) is 0 Å². The van der Waals surface area contributed by atoms with Gasteiger partial charge in [-0.1, -0.05) is 12.1 Å². The van der Waals surface area contributed by atoms with Gasteiger partial charge in [-0.3, -0.25) is 13.8 Å². The van der Waals surface area contributed by atoms with Crippen LogP contribution >= 0.6 is 15.9 Å². The Kier molecular flexibility index (Phi) is 7.52. The summed E-state index contributed by atoms with van der Waals surface area (Å²) in [6.07, 6.45) is 3.19. The number of carbonyl (C=O) groups is 1. The van der Waals surface area contributed by atoms with Gasteiger partial charge in [0.2, 0.25) is 5.43 Å². The average molecular weight is 455 g/mol. The molecule has 0 spiro atoms. The van der Waals surface area contributed by atoms with Crippen molar-refractivity contribution >= 4 is 32.6 Å². The van der Waals surface area contributed by atoms with Crippen molar-refractivity contribution in [2.75, 3.05) is 20.0 Å². The number of rotatable bonds is 7. The third kappa shape index (κ3) is 5.15. The molecule has 0 saturated carbocycles. The highest BCUT2D eigenvalue weighted by Gasteiger charge is 2.18. The van der Waals surface area contributed by atoms with Crippen molar-refractivity contribution in [1.29, 1.82) is 0 Å². The fourth-order valence-electron chi connectivity index (χ4n) is 2.71. The van der Waals surface area contributed by atoms with E-state index in [1.54, 1.807) is 43.8 Å². The maximum absolute atomic E-state index is 12.6. The third-order valence-electron chi connectivity index (χ3n) is 4.25. The molecule has 0 bridgehead atoms. The number of pyridine rings is 1. The Labute approximate surface area is 169 Å². The molecule has 0 aliphatic heterocycles. The highest BCUT2D eigenvalue weighted by molar-refractivity contribution is 9.10. The minimum atomic E-state index is -1.04.